The van der Waals surface area contributed by atoms with Gasteiger partial charge in [0.05, 0.1) is 0 Å². The molecule has 1 fully saturated rings. The predicted octanol–water partition coefficient (Wildman–Crippen LogP) is 2.57. The summed E-state index contributed by atoms with van der Waals surface area (Å²) in [6.07, 6.45) is 1.16. The Labute approximate surface area is 135 Å². The first kappa shape index (κ1) is 15.6. The van der Waals surface area contributed by atoms with Gasteiger partial charge in [0.2, 0.25) is 0 Å². The highest BCUT2D eigenvalue weighted by Gasteiger charge is 2.31. The average molecular weight is 315 g/mol. The van der Waals surface area contributed by atoms with Crippen LogP contribution < -0.4 is 4.90 Å². The van der Waals surface area contributed by atoms with Crippen molar-refractivity contribution in [3.8, 4) is 11.3 Å². The number of carbonyl (C=O) groups is 1. The summed E-state index contributed by atoms with van der Waals surface area (Å²) in [6, 6.07) is 7.77. The normalized spacial score (nSPS) is 18.1. The van der Waals surface area contributed by atoms with Gasteiger partial charge in [-0.1, -0.05) is 0 Å². The molecule has 122 valence electrons. The lowest BCUT2D eigenvalue weighted by Crippen LogP contribution is -2.57. The van der Waals surface area contributed by atoms with Crippen LogP contribution in [0, 0.1) is 0 Å². The maximum Gasteiger partial charge on any atom is 0.358 e. The molecule has 6 nitrogen and oxygen atoms in total. The third-order valence-electron chi connectivity index (χ3n) is 4.58. The first-order chi connectivity index (χ1) is 10.9. The number of carboxylic acids is 1. The Kier molecular flexibility index (Phi) is 3.85. The van der Waals surface area contributed by atoms with E-state index < -0.39 is 5.97 Å². The Hall–Kier alpha value is -2.34. The molecular formula is C17H21N3O3. The molecule has 1 aromatic carbocycles. The van der Waals surface area contributed by atoms with E-state index in [0.29, 0.717) is 5.76 Å². The van der Waals surface area contributed by atoms with Crippen LogP contribution >= 0.6 is 0 Å². The summed E-state index contributed by atoms with van der Waals surface area (Å²) in [5.74, 6) is -0.790. The zero-order chi connectivity index (χ0) is 16.6. The van der Waals surface area contributed by atoms with Crippen molar-refractivity contribution in [2.24, 2.45) is 0 Å². The van der Waals surface area contributed by atoms with E-state index in [0.717, 1.165) is 37.3 Å². The lowest BCUT2D eigenvalue weighted by atomic mass is 9.99. The van der Waals surface area contributed by atoms with Gasteiger partial charge in [-0.05, 0) is 45.2 Å². The molecular weight excluding hydrogens is 294 g/mol. The number of benzene rings is 1. The van der Waals surface area contributed by atoms with Gasteiger partial charge in [-0.3, -0.25) is 4.90 Å². The summed E-state index contributed by atoms with van der Waals surface area (Å²) >= 11 is 0. The Morgan fingerprint density at radius 3 is 2.57 bits per heavy atom. The van der Waals surface area contributed by atoms with Crippen LogP contribution in [0.1, 0.15) is 24.3 Å². The summed E-state index contributed by atoms with van der Waals surface area (Å²) in [6.45, 7) is 7.41. The number of piperazine rings is 1. The SMILES string of the molecule is CN1CCN(c2ccc(-c3ocnc3C(=O)O)cc2)CC1(C)C. The van der Waals surface area contributed by atoms with E-state index in [9.17, 15) is 4.79 Å². The number of hydrogen-bond acceptors (Lipinski definition) is 5. The van der Waals surface area contributed by atoms with Crippen LogP contribution in [-0.4, -0.2) is 53.2 Å². The summed E-state index contributed by atoms with van der Waals surface area (Å²) in [7, 11) is 2.15. The molecule has 1 aliphatic heterocycles. The molecule has 3 rings (SSSR count). The highest BCUT2D eigenvalue weighted by Crippen LogP contribution is 2.28. The Morgan fingerprint density at radius 1 is 1.26 bits per heavy atom. The van der Waals surface area contributed by atoms with E-state index in [1.54, 1.807) is 0 Å². The van der Waals surface area contributed by atoms with Gasteiger partial charge in [0, 0.05) is 36.4 Å². The molecule has 1 N–H and O–H groups in total. The molecule has 0 bridgehead atoms. The van der Waals surface area contributed by atoms with Crippen LogP contribution in [0.3, 0.4) is 0 Å². The number of anilines is 1. The molecule has 6 heteroatoms. The Balaban J connectivity index is 1.83. The van der Waals surface area contributed by atoms with E-state index >= 15 is 0 Å². The molecule has 0 saturated carbocycles. The number of likely N-dealkylation sites (N-methyl/N-ethyl adjacent to an activating group) is 1. The van der Waals surface area contributed by atoms with Gasteiger partial charge in [-0.25, -0.2) is 9.78 Å². The van der Waals surface area contributed by atoms with Crippen LogP contribution in [0.5, 0.6) is 0 Å². The molecule has 1 saturated heterocycles. The molecule has 0 amide bonds. The van der Waals surface area contributed by atoms with Crippen LogP contribution in [0.4, 0.5) is 5.69 Å². The molecule has 0 aliphatic carbocycles. The van der Waals surface area contributed by atoms with Crippen molar-refractivity contribution in [1.82, 2.24) is 9.88 Å². The molecule has 23 heavy (non-hydrogen) atoms. The minimum atomic E-state index is -1.08. The number of nitrogens with zero attached hydrogens (tertiary/aromatic N) is 3. The van der Waals surface area contributed by atoms with E-state index in [1.165, 1.54) is 0 Å². The first-order valence-electron chi connectivity index (χ1n) is 7.62. The van der Waals surface area contributed by atoms with E-state index in [2.05, 4.69) is 35.7 Å². The number of aromatic nitrogens is 1. The third kappa shape index (κ3) is 2.94. The minimum Gasteiger partial charge on any atom is -0.476 e. The zero-order valence-corrected chi connectivity index (χ0v) is 13.6. The van der Waals surface area contributed by atoms with E-state index in [-0.39, 0.29) is 11.2 Å². The number of aromatic carboxylic acids is 1. The summed E-state index contributed by atoms with van der Waals surface area (Å²) in [4.78, 5) is 19.6. The maximum absolute atomic E-state index is 11.1. The van der Waals surface area contributed by atoms with Crippen LogP contribution in [0.2, 0.25) is 0 Å². The topological polar surface area (TPSA) is 69.8 Å². The number of oxazole rings is 1. The standard InChI is InChI=1S/C17H21N3O3/c1-17(2)10-20(9-8-19(17)3)13-6-4-12(5-7-13)15-14(16(21)22)18-11-23-15/h4-7,11H,8-10H2,1-3H3,(H,21,22). The van der Waals surface area contributed by atoms with Crippen molar-refractivity contribution in [3.05, 3.63) is 36.4 Å². The number of hydrogen-bond donors (Lipinski definition) is 1. The molecule has 2 heterocycles. The fraction of sp³-hybridized carbons (Fsp3) is 0.412. The summed E-state index contributed by atoms with van der Waals surface area (Å²) < 4.78 is 5.23. The molecule has 2 aromatic rings. The molecule has 0 radical (unpaired) electrons. The van der Waals surface area contributed by atoms with Gasteiger partial charge in [0.1, 0.15) is 0 Å². The second kappa shape index (κ2) is 5.70. The lowest BCUT2D eigenvalue weighted by Gasteiger charge is -2.46. The zero-order valence-electron chi connectivity index (χ0n) is 13.6. The van der Waals surface area contributed by atoms with Crippen molar-refractivity contribution in [3.63, 3.8) is 0 Å². The highest BCUT2D eigenvalue weighted by atomic mass is 16.4. The summed E-state index contributed by atoms with van der Waals surface area (Å²) in [5.41, 5.74) is 1.92. The van der Waals surface area contributed by atoms with E-state index in [4.69, 9.17) is 9.52 Å². The summed E-state index contributed by atoms with van der Waals surface area (Å²) in [5, 5.41) is 9.12. The Bertz CT molecular complexity index is 706. The Morgan fingerprint density at radius 2 is 1.96 bits per heavy atom. The first-order valence-corrected chi connectivity index (χ1v) is 7.62. The molecule has 1 aromatic heterocycles. The van der Waals surface area contributed by atoms with Gasteiger partial charge >= 0.3 is 5.97 Å². The van der Waals surface area contributed by atoms with Gasteiger partial charge in [-0.15, -0.1) is 0 Å². The monoisotopic (exact) mass is 315 g/mol. The quantitative estimate of drug-likeness (QED) is 0.939. The third-order valence-corrected chi connectivity index (χ3v) is 4.58. The second-order valence-corrected chi connectivity index (χ2v) is 6.54. The predicted molar refractivity (Wildman–Crippen MR) is 87.8 cm³/mol. The molecule has 1 aliphatic rings. The van der Waals surface area contributed by atoms with Crippen LogP contribution in [-0.2, 0) is 0 Å². The van der Waals surface area contributed by atoms with Crippen molar-refractivity contribution in [1.29, 1.82) is 0 Å². The number of rotatable bonds is 3. The van der Waals surface area contributed by atoms with Crippen LogP contribution in [0.25, 0.3) is 11.3 Å². The van der Waals surface area contributed by atoms with Gasteiger partial charge in [0.15, 0.2) is 17.8 Å². The van der Waals surface area contributed by atoms with Gasteiger partial charge in [0.25, 0.3) is 0 Å². The van der Waals surface area contributed by atoms with E-state index in [1.807, 2.05) is 24.3 Å². The smallest absolute Gasteiger partial charge is 0.358 e. The van der Waals surface area contributed by atoms with Crippen molar-refractivity contribution < 1.29 is 14.3 Å². The molecule has 0 spiro atoms. The van der Waals surface area contributed by atoms with Crippen molar-refractivity contribution >= 4 is 11.7 Å². The fourth-order valence-corrected chi connectivity index (χ4v) is 2.89. The van der Waals surface area contributed by atoms with Crippen molar-refractivity contribution in [2.75, 3.05) is 31.6 Å². The second-order valence-electron chi connectivity index (χ2n) is 6.54. The van der Waals surface area contributed by atoms with Crippen LogP contribution in [0.15, 0.2) is 35.1 Å². The maximum atomic E-state index is 11.1. The number of carboxylic acid groups (broad SMARTS) is 1. The van der Waals surface area contributed by atoms with Crippen molar-refractivity contribution in [2.45, 2.75) is 19.4 Å². The highest BCUT2D eigenvalue weighted by molar-refractivity contribution is 5.92. The lowest BCUT2D eigenvalue weighted by molar-refractivity contribution is 0.0691. The fourth-order valence-electron chi connectivity index (χ4n) is 2.89. The van der Waals surface area contributed by atoms with Gasteiger partial charge < -0.3 is 14.4 Å². The van der Waals surface area contributed by atoms with Gasteiger partial charge in [-0.2, -0.15) is 0 Å². The molecule has 0 unspecified atom stereocenters. The minimum absolute atomic E-state index is 0.0570. The average Bonchev–Trinajstić information content (AvgIpc) is 3.00. The largest absolute Gasteiger partial charge is 0.476 e. The molecule has 0 atom stereocenters.